The number of aryl methyl sites for hydroxylation is 1. The standard InChI is InChI=1S/C31H42N2/c1-22-14-10-12-20-28(22)32-23(2)30-31(25-15-6-4-7-16-25,26-17-8-5-9-18-26)27-19-11-13-21-29(27)33(30)24(32)3/h10-14,19-21,23-26,30H,4-9,15-18H2,1-3H3/t23-,24?,30?/m0/s1. The van der Waals surface area contributed by atoms with Gasteiger partial charge >= 0.3 is 0 Å². The van der Waals surface area contributed by atoms with Gasteiger partial charge in [-0.2, -0.15) is 0 Å². The van der Waals surface area contributed by atoms with Crippen LogP contribution in [-0.4, -0.2) is 18.2 Å². The van der Waals surface area contributed by atoms with Crippen LogP contribution < -0.4 is 9.80 Å². The molecule has 0 amide bonds. The predicted octanol–water partition coefficient (Wildman–Crippen LogP) is 7.84. The van der Waals surface area contributed by atoms with Crippen LogP contribution in [0, 0.1) is 18.8 Å². The molecule has 0 aromatic heterocycles. The number of para-hydroxylation sites is 2. The molecule has 0 radical (unpaired) electrons. The first-order chi connectivity index (χ1) is 16.2. The van der Waals surface area contributed by atoms with Crippen LogP contribution in [-0.2, 0) is 5.41 Å². The lowest BCUT2D eigenvalue weighted by molar-refractivity contribution is 0.0795. The van der Waals surface area contributed by atoms with Crippen molar-refractivity contribution in [2.75, 3.05) is 9.80 Å². The topological polar surface area (TPSA) is 6.48 Å². The molecule has 2 unspecified atom stereocenters. The van der Waals surface area contributed by atoms with Crippen LogP contribution in [0.1, 0.15) is 89.2 Å². The quantitative estimate of drug-likeness (QED) is 0.478. The third-order valence-corrected chi connectivity index (χ3v) is 10.1. The molecule has 176 valence electrons. The highest BCUT2D eigenvalue weighted by molar-refractivity contribution is 5.72. The van der Waals surface area contributed by atoms with E-state index >= 15 is 0 Å². The van der Waals surface area contributed by atoms with Crippen LogP contribution in [0.4, 0.5) is 11.4 Å². The molecular weight excluding hydrogens is 400 g/mol. The lowest BCUT2D eigenvalue weighted by Gasteiger charge is -2.52. The van der Waals surface area contributed by atoms with E-state index in [1.165, 1.54) is 75.5 Å². The summed E-state index contributed by atoms with van der Waals surface area (Å²) in [5.41, 5.74) is 6.42. The van der Waals surface area contributed by atoms with Crippen molar-refractivity contribution in [2.24, 2.45) is 11.8 Å². The van der Waals surface area contributed by atoms with Gasteiger partial charge in [-0.25, -0.2) is 0 Å². The smallest absolute Gasteiger partial charge is 0.0994 e. The average molecular weight is 443 g/mol. The highest BCUT2D eigenvalue weighted by atomic mass is 15.5. The molecule has 2 heterocycles. The minimum absolute atomic E-state index is 0.308. The van der Waals surface area contributed by atoms with E-state index in [4.69, 9.17) is 0 Å². The molecular formula is C31H42N2. The maximum absolute atomic E-state index is 2.88. The van der Waals surface area contributed by atoms with Gasteiger partial charge in [0.15, 0.2) is 0 Å². The van der Waals surface area contributed by atoms with E-state index in [0.717, 1.165) is 11.8 Å². The molecule has 0 spiro atoms. The number of hydrogen-bond donors (Lipinski definition) is 0. The Morgan fingerprint density at radius 3 is 1.82 bits per heavy atom. The Labute approximate surface area is 201 Å². The van der Waals surface area contributed by atoms with Crippen LogP contribution in [0.15, 0.2) is 48.5 Å². The summed E-state index contributed by atoms with van der Waals surface area (Å²) < 4.78 is 0. The Kier molecular flexibility index (Phi) is 5.46. The summed E-state index contributed by atoms with van der Waals surface area (Å²) in [6, 6.07) is 19.8. The highest BCUT2D eigenvalue weighted by Crippen LogP contribution is 2.63. The van der Waals surface area contributed by atoms with Crippen molar-refractivity contribution in [3.05, 3.63) is 59.7 Å². The third kappa shape index (κ3) is 3.05. The number of anilines is 2. The van der Waals surface area contributed by atoms with Gasteiger partial charge in [0.2, 0.25) is 0 Å². The van der Waals surface area contributed by atoms with Crippen LogP contribution in [0.2, 0.25) is 0 Å². The van der Waals surface area contributed by atoms with Gasteiger partial charge in [-0.1, -0.05) is 74.9 Å². The SMILES string of the molecule is Cc1ccccc1N1C(C)N2c3ccccc3C(C3CCCCC3)(C3CCCCC3)C2[C@@H]1C. The maximum Gasteiger partial charge on any atom is 0.0994 e. The van der Waals surface area contributed by atoms with Crippen molar-refractivity contribution in [2.45, 2.75) is 109 Å². The van der Waals surface area contributed by atoms with E-state index in [-0.39, 0.29) is 0 Å². The normalized spacial score (nSPS) is 29.8. The van der Waals surface area contributed by atoms with Crippen molar-refractivity contribution in [3.63, 3.8) is 0 Å². The molecule has 4 aliphatic rings. The predicted molar refractivity (Wildman–Crippen MR) is 140 cm³/mol. The molecule has 0 N–H and O–H groups in total. The lowest BCUT2D eigenvalue weighted by atomic mass is 9.53. The fraction of sp³-hybridized carbons (Fsp3) is 0.613. The van der Waals surface area contributed by atoms with Crippen LogP contribution >= 0.6 is 0 Å². The van der Waals surface area contributed by atoms with Gasteiger partial charge in [0.05, 0.1) is 12.2 Å². The monoisotopic (exact) mass is 442 g/mol. The van der Waals surface area contributed by atoms with Gasteiger partial charge in [0.1, 0.15) is 0 Å². The molecule has 33 heavy (non-hydrogen) atoms. The Balaban J connectivity index is 1.55. The lowest BCUT2D eigenvalue weighted by Crippen LogP contribution is -2.57. The zero-order chi connectivity index (χ0) is 22.6. The van der Waals surface area contributed by atoms with Crippen molar-refractivity contribution in [1.82, 2.24) is 0 Å². The largest absolute Gasteiger partial charge is 0.346 e. The molecule has 2 aliphatic carbocycles. The summed E-state index contributed by atoms with van der Waals surface area (Å²) in [5.74, 6) is 1.66. The molecule has 2 aliphatic heterocycles. The van der Waals surface area contributed by atoms with E-state index < -0.39 is 0 Å². The zero-order valence-electron chi connectivity index (χ0n) is 21.0. The molecule has 3 atom stereocenters. The van der Waals surface area contributed by atoms with E-state index in [1.54, 1.807) is 11.3 Å². The molecule has 1 saturated heterocycles. The van der Waals surface area contributed by atoms with Gasteiger partial charge in [-0.3, -0.25) is 0 Å². The minimum Gasteiger partial charge on any atom is -0.346 e. The number of hydrogen-bond acceptors (Lipinski definition) is 2. The second-order valence-electron chi connectivity index (χ2n) is 11.5. The van der Waals surface area contributed by atoms with Gasteiger partial charge < -0.3 is 9.80 Å². The Morgan fingerprint density at radius 1 is 0.667 bits per heavy atom. The molecule has 3 fully saturated rings. The average Bonchev–Trinajstić information content (AvgIpc) is 3.31. The van der Waals surface area contributed by atoms with Gasteiger partial charge in [0, 0.05) is 22.8 Å². The molecule has 6 rings (SSSR count). The van der Waals surface area contributed by atoms with Crippen molar-refractivity contribution in [3.8, 4) is 0 Å². The Hall–Kier alpha value is -1.96. The molecule has 2 aromatic carbocycles. The maximum atomic E-state index is 2.88. The second-order valence-corrected chi connectivity index (χ2v) is 11.5. The van der Waals surface area contributed by atoms with Crippen LogP contribution in [0.5, 0.6) is 0 Å². The van der Waals surface area contributed by atoms with Gasteiger partial charge in [-0.15, -0.1) is 0 Å². The number of rotatable bonds is 3. The van der Waals surface area contributed by atoms with Gasteiger partial charge in [-0.05, 0) is 81.5 Å². The third-order valence-electron chi connectivity index (χ3n) is 10.1. The first-order valence-corrected chi connectivity index (χ1v) is 13.9. The Morgan fingerprint density at radius 2 is 1.21 bits per heavy atom. The number of nitrogens with zero attached hydrogens (tertiary/aromatic N) is 2. The van der Waals surface area contributed by atoms with Crippen molar-refractivity contribution < 1.29 is 0 Å². The fourth-order valence-electron chi connectivity index (χ4n) is 8.99. The molecule has 2 heteroatoms. The van der Waals surface area contributed by atoms with Gasteiger partial charge in [0.25, 0.3) is 0 Å². The molecule has 2 nitrogen and oxygen atoms in total. The minimum atomic E-state index is 0.308. The van der Waals surface area contributed by atoms with Crippen LogP contribution in [0.25, 0.3) is 0 Å². The number of fused-ring (bicyclic) bond motifs is 3. The zero-order valence-corrected chi connectivity index (χ0v) is 21.0. The van der Waals surface area contributed by atoms with E-state index in [9.17, 15) is 0 Å². The van der Waals surface area contributed by atoms with E-state index in [2.05, 4.69) is 79.1 Å². The van der Waals surface area contributed by atoms with Crippen molar-refractivity contribution >= 4 is 11.4 Å². The first-order valence-electron chi connectivity index (χ1n) is 13.9. The summed E-state index contributed by atoms with van der Waals surface area (Å²) in [5, 5.41) is 0. The van der Waals surface area contributed by atoms with E-state index in [0.29, 0.717) is 23.7 Å². The summed E-state index contributed by atoms with van der Waals surface area (Å²) in [7, 11) is 0. The second kappa shape index (κ2) is 8.36. The van der Waals surface area contributed by atoms with Crippen molar-refractivity contribution in [1.29, 1.82) is 0 Å². The summed E-state index contributed by atoms with van der Waals surface area (Å²) in [6.45, 7) is 7.32. The Bertz CT molecular complexity index is 966. The summed E-state index contributed by atoms with van der Waals surface area (Å²) >= 11 is 0. The molecule has 2 saturated carbocycles. The first kappa shape index (κ1) is 21.6. The highest BCUT2D eigenvalue weighted by Gasteiger charge is 2.64. The fourth-order valence-corrected chi connectivity index (χ4v) is 8.99. The van der Waals surface area contributed by atoms with E-state index in [1.807, 2.05) is 0 Å². The molecule has 0 bridgehead atoms. The summed E-state index contributed by atoms with van der Waals surface area (Å²) in [4.78, 5) is 5.66. The van der Waals surface area contributed by atoms with Crippen LogP contribution in [0.3, 0.4) is 0 Å². The summed E-state index contributed by atoms with van der Waals surface area (Å²) in [6.07, 6.45) is 14.7. The molecule has 2 aromatic rings. The number of benzene rings is 2.